The van der Waals surface area contributed by atoms with Crippen LogP contribution < -0.4 is 5.32 Å². The maximum atomic E-state index is 5.53. The molecular formula is C16H21N3O. The number of aromatic nitrogens is 2. The summed E-state index contributed by atoms with van der Waals surface area (Å²) in [6.07, 6.45) is 9.54. The SMILES string of the molecule is C1=COC(CNCCCn2cnc3ccccc32)CC1. The third-order valence-electron chi connectivity index (χ3n) is 3.67. The normalized spacial score (nSPS) is 18.3. The molecule has 20 heavy (non-hydrogen) atoms. The molecule has 0 saturated carbocycles. The van der Waals surface area contributed by atoms with E-state index < -0.39 is 0 Å². The zero-order valence-corrected chi connectivity index (χ0v) is 11.7. The molecule has 1 N–H and O–H groups in total. The predicted octanol–water partition coefficient (Wildman–Crippen LogP) is 2.71. The number of allylic oxidation sites excluding steroid dienone is 1. The smallest absolute Gasteiger partial charge is 0.110 e. The third-order valence-corrected chi connectivity index (χ3v) is 3.67. The molecule has 0 spiro atoms. The van der Waals surface area contributed by atoms with Crippen molar-refractivity contribution in [1.82, 2.24) is 14.9 Å². The van der Waals surface area contributed by atoms with Crippen molar-refractivity contribution in [2.24, 2.45) is 0 Å². The number of imidazole rings is 1. The van der Waals surface area contributed by atoms with Crippen LogP contribution in [-0.4, -0.2) is 28.7 Å². The van der Waals surface area contributed by atoms with E-state index in [1.807, 2.05) is 18.7 Å². The molecule has 0 radical (unpaired) electrons. The Morgan fingerprint density at radius 1 is 1.35 bits per heavy atom. The van der Waals surface area contributed by atoms with Crippen molar-refractivity contribution in [3.63, 3.8) is 0 Å². The lowest BCUT2D eigenvalue weighted by Crippen LogP contribution is -2.30. The van der Waals surface area contributed by atoms with Crippen LogP contribution >= 0.6 is 0 Å². The summed E-state index contributed by atoms with van der Waals surface area (Å²) in [7, 11) is 0. The molecule has 0 fully saturated rings. The third kappa shape index (κ3) is 3.20. The minimum atomic E-state index is 0.342. The summed E-state index contributed by atoms with van der Waals surface area (Å²) in [5.41, 5.74) is 2.29. The molecule has 1 atom stereocenters. The van der Waals surface area contributed by atoms with Gasteiger partial charge < -0.3 is 14.6 Å². The molecule has 0 aliphatic carbocycles. The molecule has 1 aromatic carbocycles. The number of para-hydroxylation sites is 2. The van der Waals surface area contributed by atoms with E-state index in [-0.39, 0.29) is 0 Å². The fourth-order valence-electron chi connectivity index (χ4n) is 2.56. The molecule has 106 valence electrons. The monoisotopic (exact) mass is 271 g/mol. The van der Waals surface area contributed by atoms with Gasteiger partial charge in [0.15, 0.2) is 0 Å². The minimum absolute atomic E-state index is 0.342. The van der Waals surface area contributed by atoms with Gasteiger partial charge in [0, 0.05) is 13.1 Å². The highest BCUT2D eigenvalue weighted by molar-refractivity contribution is 5.74. The van der Waals surface area contributed by atoms with Gasteiger partial charge in [-0.25, -0.2) is 4.98 Å². The van der Waals surface area contributed by atoms with Crippen LogP contribution in [0.5, 0.6) is 0 Å². The average Bonchev–Trinajstić information content (AvgIpc) is 2.91. The van der Waals surface area contributed by atoms with E-state index in [1.165, 1.54) is 5.52 Å². The van der Waals surface area contributed by atoms with Gasteiger partial charge >= 0.3 is 0 Å². The highest BCUT2D eigenvalue weighted by atomic mass is 16.5. The molecule has 0 bridgehead atoms. The molecule has 1 aliphatic heterocycles. The molecule has 1 aliphatic rings. The van der Waals surface area contributed by atoms with Gasteiger partial charge in [-0.05, 0) is 44.0 Å². The van der Waals surface area contributed by atoms with Crippen LogP contribution in [0.3, 0.4) is 0 Å². The second-order valence-electron chi connectivity index (χ2n) is 5.19. The number of nitrogens with one attached hydrogen (secondary N) is 1. The predicted molar refractivity (Wildman–Crippen MR) is 80.5 cm³/mol. The van der Waals surface area contributed by atoms with E-state index in [0.717, 1.165) is 44.4 Å². The summed E-state index contributed by atoms with van der Waals surface area (Å²) < 4.78 is 7.75. The molecule has 0 saturated heterocycles. The number of nitrogens with zero attached hydrogens (tertiary/aromatic N) is 2. The maximum absolute atomic E-state index is 5.53. The van der Waals surface area contributed by atoms with Crippen LogP contribution in [0, 0.1) is 0 Å². The van der Waals surface area contributed by atoms with Gasteiger partial charge in [0.05, 0.1) is 23.6 Å². The van der Waals surface area contributed by atoms with Crippen LogP contribution in [0.4, 0.5) is 0 Å². The van der Waals surface area contributed by atoms with Crippen LogP contribution in [0.25, 0.3) is 11.0 Å². The first-order chi connectivity index (χ1) is 9.93. The molecule has 3 rings (SSSR count). The second kappa shape index (κ2) is 6.57. The van der Waals surface area contributed by atoms with Crippen LogP contribution in [0.2, 0.25) is 0 Å². The first kappa shape index (κ1) is 13.2. The summed E-state index contributed by atoms with van der Waals surface area (Å²) in [5.74, 6) is 0. The largest absolute Gasteiger partial charge is 0.497 e. The van der Waals surface area contributed by atoms with Crippen molar-refractivity contribution >= 4 is 11.0 Å². The minimum Gasteiger partial charge on any atom is -0.497 e. The molecular weight excluding hydrogens is 250 g/mol. The zero-order chi connectivity index (χ0) is 13.6. The van der Waals surface area contributed by atoms with Crippen molar-refractivity contribution in [2.75, 3.05) is 13.1 Å². The standard InChI is InChI=1S/C16H21N3O/c1-2-8-16-15(7-1)18-13-19(16)10-5-9-17-12-14-6-3-4-11-20-14/h1-2,4,7-8,11,13-14,17H,3,5-6,9-10,12H2. The van der Waals surface area contributed by atoms with Gasteiger partial charge in [0.1, 0.15) is 6.10 Å². The number of benzene rings is 1. The van der Waals surface area contributed by atoms with E-state index in [1.54, 1.807) is 0 Å². The summed E-state index contributed by atoms with van der Waals surface area (Å²) in [6, 6.07) is 8.27. The maximum Gasteiger partial charge on any atom is 0.110 e. The fourth-order valence-corrected chi connectivity index (χ4v) is 2.56. The van der Waals surface area contributed by atoms with E-state index in [9.17, 15) is 0 Å². The van der Waals surface area contributed by atoms with Gasteiger partial charge in [-0.1, -0.05) is 12.1 Å². The zero-order valence-electron chi connectivity index (χ0n) is 11.7. The number of hydrogen-bond donors (Lipinski definition) is 1. The van der Waals surface area contributed by atoms with Crippen molar-refractivity contribution in [1.29, 1.82) is 0 Å². The molecule has 2 aromatic rings. The molecule has 1 unspecified atom stereocenters. The van der Waals surface area contributed by atoms with Gasteiger partial charge in [-0.15, -0.1) is 0 Å². The Morgan fingerprint density at radius 2 is 2.30 bits per heavy atom. The van der Waals surface area contributed by atoms with Gasteiger partial charge in [-0.2, -0.15) is 0 Å². The number of rotatable bonds is 6. The first-order valence-corrected chi connectivity index (χ1v) is 7.34. The van der Waals surface area contributed by atoms with Crippen molar-refractivity contribution in [2.45, 2.75) is 31.9 Å². The summed E-state index contributed by atoms with van der Waals surface area (Å²) in [5, 5.41) is 3.47. The number of aryl methyl sites for hydroxylation is 1. The molecule has 4 nitrogen and oxygen atoms in total. The Kier molecular flexibility index (Phi) is 4.33. The number of fused-ring (bicyclic) bond motifs is 1. The first-order valence-electron chi connectivity index (χ1n) is 7.34. The lowest BCUT2D eigenvalue weighted by atomic mass is 10.1. The van der Waals surface area contributed by atoms with Gasteiger partial charge in [-0.3, -0.25) is 0 Å². The van der Waals surface area contributed by atoms with Crippen molar-refractivity contribution in [3.8, 4) is 0 Å². The highest BCUT2D eigenvalue weighted by Crippen LogP contribution is 2.12. The molecule has 1 aromatic heterocycles. The van der Waals surface area contributed by atoms with Crippen LogP contribution in [-0.2, 0) is 11.3 Å². The number of hydrogen-bond acceptors (Lipinski definition) is 3. The Hall–Kier alpha value is -1.81. The summed E-state index contributed by atoms with van der Waals surface area (Å²) in [4.78, 5) is 4.41. The van der Waals surface area contributed by atoms with Crippen LogP contribution in [0.15, 0.2) is 42.9 Å². The quantitative estimate of drug-likeness (QED) is 0.821. The Morgan fingerprint density at radius 3 is 3.20 bits per heavy atom. The fraction of sp³-hybridized carbons (Fsp3) is 0.438. The van der Waals surface area contributed by atoms with Gasteiger partial charge in [0.25, 0.3) is 0 Å². The van der Waals surface area contributed by atoms with Crippen LogP contribution in [0.1, 0.15) is 19.3 Å². The number of ether oxygens (including phenoxy) is 1. The van der Waals surface area contributed by atoms with E-state index in [2.05, 4.69) is 39.1 Å². The lowest BCUT2D eigenvalue weighted by molar-refractivity contribution is 0.122. The highest BCUT2D eigenvalue weighted by Gasteiger charge is 2.09. The van der Waals surface area contributed by atoms with E-state index in [4.69, 9.17) is 4.74 Å². The Balaban J connectivity index is 1.40. The second-order valence-corrected chi connectivity index (χ2v) is 5.19. The average molecular weight is 271 g/mol. The Labute approximate surface area is 119 Å². The Bertz CT molecular complexity index is 576. The van der Waals surface area contributed by atoms with Gasteiger partial charge in [0.2, 0.25) is 0 Å². The van der Waals surface area contributed by atoms with E-state index >= 15 is 0 Å². The molecule has 0 amide bonds. The van der Waals surface area contributed by atoms with Crippen molar-refractivity contribution in [3.05, 3.63) is 42.9 Å². The summed E-state index contributed by atoms with van der Waals surface area (Å²) >= 11 is 0. The van der Waals surface area contributed by atoms with E-state index in [0.29, 0.717) is 6.10 Å². The molecule has 2 heterocycles. The summed E-state index contributed by atoms with van der Waals surface area (Å²) in [6.45, 7) is 2.95. The molecule has 4 heteroatoms. The van der Waals surface area contributed by atoms with Crippen molar-refractivity contribution < 1.29 is 4.74 Å². The topological polar surface area (TPSA) is 39.1 Å². The lowest BCUT2D eigenvalue weighted by Gasteiger charge is -2.19.